The molecule has 2 aromatic carbocycles. The molecule has 0 saturated carbocycles. The zero-order valence-electron chi connectivity index (χ0n) is 13.9. The number of ether oxygens (including phenoxy) is 3. The molecule has 0 unspecified atom stereocenters. The maximum Gasteiger partial charge on any atom is 0.340 e. The molecular weight excluding hydrogens is 364 g/mol. The minimum absolute atomic E-state index is 0.264. The average molecular weight is 381 g/mol. The smallest absolute Gasteiger partial charge is 0.340 e. The first-order chi connectivity index (χ1) is 12.0. The predicted molar refractivity (Wildman–Crippen MR) is 102 cm³/mol. The van der Waals surface area contributed by atoms with Crippen LogP contribution in [0.4, 0.5) is 11.4 Å². The Hall–Kier alpha value is -2.51. The van der Waals surface area contributed by atoms with Gasteiger partial charge in [-0.15, -0.1) is 0 Å². The van der Waals surface area contributed by atoms with Gasteiger partial charge in [-0.3, -0.25) is 0 Å². The summed E-state index contributed by atoms with van der Waals surface area (Å²) in [6.07, 6.45) is 0. The number of esters is 1. The molecule has 0 aliphatic heterocycles. The second-order valence-electron chi connectivity index (χ2n) is 4.83. The predicted octanol–water partition coefficient (Wildman–Crippen LogP) is 3.95. The van der Waals surface area contributed by atoms with E-state index in [1.54, 1.807) is 30.3 Å². The molecule has 8 heteroatoms. The summed E-state index contributed by atoms with van der Waals surface area (Å²) in [7, 11) is 4.29. The van der Waals surface area contributed by atoms with E-state index in [4.69, 9.17) is 38.0 Å². The van der Waals surface area contributed by atoms with Crippen molar-refractivity contribution in [3.8, 4) is 11.5 Å². The fourth-order valence-electron chi connectivity index (χ4n) is 2.08. The molecule has 6 nitrogen and oxygen atoms in total. The number of halogens is 1. The average Bonchev–Trinajstić information content (AvgIpc) is 2.62. The van der Waals surface area contributed by atoms with Crippen molar-refractivity contribution in [1.82, 2.24) is 0 Å². The van der Waals surface area contributed by atoms with Crippen molar-refractivity contribution >= 4 is 46.3 Å². The van der Waals surface area contributed by atoms with E-state index in [1.165, 1.54) is 27.4 Å². The van der Waals surface area contributed by atoms with Gasteiger partial charge in [0.2, 0.25) is 0 Å². The molecule has 0 heterocycles. The highest BCUT2D eigenvalue weighted by molar-refractivity contribution is 7.80. The molecule has 25 heavy (non-hydrogen) atoms. The van der Waals surface area contributed by atoms with E-state index in [1.807, 2.05) is 0 Å². The summed E-state index contributed by atoms with van der Waals surface area (Å²) in [5.74, 6) is 0.328. The van der Waals surface area contributed by atoms with Gasteiger partial charge in [-0.1, -0.05) is 11.6 Å². The van der Waals surface area contributed by atoms with Gasteiger partial charge in [0.05, 0.1) is 32.6 Å². The van der Waals surface area contributed by atoms with Crippen molar-refractivity contribution in [1.29, 1.82) is 0 Å². The number of carbonyl (C=O) groups is 1. The number of benzene rings is 2. The molecule has 2 aromatic rings. The van der Waals surface area contributed by atoms with Crippen molar-refractivity contribution in [2.75, 3.05) is 32.0 Å². The molecular formula is C17H17ClN2O4S. The number of carbonyl (C=O) groups excluding carboxylic acids is 1. The number of rotatable bonds is 5. The Labute approximate surface area is 156 Å². The monoisotopic (exact) mass is 380 g/mol. The number of nitrogens with one attached hydrogen (secondary N) is 2. The van der Waals surface area contributed by atoms with Crippen LogP contribution in [-0.4, -0.2) is 32.4 Å². The Morgan fingerprint density at radius 3 is 2.16 bits per heavy atom. The quantitative estimate of drug-likeness (QED) is 0.601. The normalized spacial score (nSPS) is 9.92. The summed E-state index contributed by atoms with van der Waals surface area (Å²) >= 11 is 11.2. The number of hydrogen-bond acceptors (Lipinski definition) is 5. The maximum atomic E-state index is 12.0. The molecule has 0 saturated heterocycles. The molecule has 2 rings (SSSR count). The van der Waals surface area contributed by atoms with Crippen molar-refractivity contribution in [2.24, 2.45) is 0 Å². The Bertz CT molecular complexity index is 781. The first-order valence-electron chi connectivity index (χ1n) is 7.16. The number of hydrogen-bond donors (Lipinski definition) is 2. The van der Waals surface area contributed by atoms with Gasteiger partial charge in [-0.25, -0.2) is 4.79 Å². The lowest BCUT2D eigenvalue weighted by Crippen LogP contribution is -2.21. The summed E-state index contributed by atoms with van der Waals surface area (Å²) in [6, 6.07) is 10.2. The Balaban J connectivity index is 2.28. The van der Waals surface area contributed by atoms with Crippen molar-refractivity contribution < 1.29 is 19.0 Å². The number of methoxy groups -OCH3 is 3. The van der Waals surface area contributed by atoms with Crippen LogP contribution in [0, 0.1) is 0 Å². The summed E-state index contributed by atoms with van der Waals surface area (Å²) in [5, 5.41) is 6.89. The van der Waals surface area contributed by atoms with Gasteiger partial charge in [0.15, 0.2) is 16.6 Å². The first kappa shape index (κ1) is 18.8. The molecule has 132 valence electrons. The van der Waals surface area contributed by atoms with Gasteiger partial charge in [0.1, 0.15) is 0 Å². The Kier molecular flexibility index (Phi) is 6.44. The largest absolute Gasteiger partial charge is 0.493 e. The topological polar surface area (TPSA) is 68.8 Å². The van der Waals surface area contributed by atoms with Crippen LogP contribution in [0.2, 0.25) is 5.02 Å². The fraction of sp³-hybridized carbons (Fsp3) is 0.176. The fourth-order valence-corrected chi connectivity index (χ4v) is 2.43. The van der Waals surface area contributed by atoms with Crippen LogP contribution >= 0.6 is 23.8 Å². The van der Waals surface area contributed by atoms with Gasteiger partial charge < -0.3 is 24.8 Å². The molecule has 0 aliphatic carbocycles. The van der Waals surface area contributed by atoms with E-state index in [-0.39, 0.29) is 5.56 Å². The molecule has 0 radical (unpaired) electrons. The Morgan fingerprint density at radius 2 is 1.60 bits per heavy atom. The SMILES string of the molecule is COC(=O)c1cc(OC)c(OC)cc1NC(=S)Nc1ccc(Cl)cc1. The second kappa shape index (κ2) is 8.55. The summed E-state index contributed by atoms with van der Waals surface area (Å²) in [5.41, 5.74) is 1.44. The van der Waals surface area contributed by atoms with Gasteiger partial charge >= 0.3 is 5.97 Å². The minimum Gasteiger partial charge on any atom is -0.493 e. The zero-order chi connectivity index (χ0) is 18.4. The van der Waals surface area contributed by atoms with Gasteiger partial charge in [0, 0.05) is 22.8 Å². The van der Waals surface area contributed by atoms with Gasteiger partial charge in [-0.2, -0.15) is 0 Å². The van der Waals surface area contributed by atoms with Crippen LogP contribution in [0.25, 0.3) is 0 Å². The lowest BCUT2D eigenvalue weighted by atomic mass is 10.1. The molecule has 0 aromatic heterocycles. The highest BCUT2D eigenvalue weighted by Crippen LogP contribution is 2.33. The molecule has 0 atom stereocenters. The van der Waals surface area contributed by atoms with E-state index >= 15 is 0 Å². The third-order valence-corrected chi connectivity index (χ3v) is 3.74. The van der Waals surface area contributed by atoms with E-state index in [9.17, 15) is 4.79 Å². The van der Waals surface area contributed by atoms with E-state index < -0.39 is 5.97 Å². The van der Waals surface area contributed by atoms with Crippen molar-refractivity contribution in [2.45, 2.75) is 0 Å². The van der Waals surface area contributed by atoms with Crippen LogP contribution in [0.1, 0.15) is 10.4 Å². The summed E-state index contributed by atoms with van der Waals surface area (Å²) in [6.45, 7) is 0. The minimum atomic E-state index is -0.530. The van der Waals surface area contributed by atoms with E-state index in [0.29, 0.717) is 27.3 Å². The highest BCUT2D eigenvalue weighted by atomic mass is 35.5. The van der Waals surface area contributed by atoms with E-state index in [2.05, 4.69) is 10.6 Å². The maximum absolute atomic E-state index is 12.0. The van der Waals surface area contributed by atoms with Crippen LogP contribution in [-0.2, 0) is 4.74 Å². The van der Waals surface area contributed by atoms with Gasteiger partial charge in [0.25, 0.3) is 0 Å². The molecule has 0 amide bonds. The molecule has 0 fully saturated rings. The van der Waals surface area contributed by atoms with Crippen molar-refractivity contribution in [3.05, 3.63) is 47.0 Å². The van der Waals surface area contributed by atoms with Gasteiger partial charge in [-0.05, 0) is 36.5 Å². The third kappa shape index (κ3) is 4.74. The second-order valence-corrected chi connectivity index (χ2v) is 5.68. The van der Waals surface area contributed by atoms with Crippen LogP contribution in [0.5, 0.6) is 11.5 Å². The number of thiocarbonyl (C=S) groups is 1. The highest BCUT2D eigenvalue weighted by Gasteiger charge is 2.18. The molecule has 0 aliphatic rings. The summed E-state index contributed by atoms with van der Waals surface area (Å²) in [4.78, 5) is 12.0. The molecule has 0 spiro atoms. The van der Waals surface area contributed by atoms with Crippen LogP contribution in [0.3, 0.4) is 0 Å². The first-order valence-corrected chi connectivity index (χ1v) is 7.95. The Morgan fingerprint density at radius 1 is 1.00 bits per heavy atom. The lowest BCUT2D eigenvalue weighted by Gasteiger charge is -2.16. The van der Waals surface area contributed by atoms with Crippen LogP contribution in [0.15, 0.2) is 36.4 Å². The molecule has 0 bridgehead atoms. The third-order valence-electron chi connectivity index (χ3n) is 3.28. The lowest BCUT2D eigenvalue weighted by molar-refractivity contribution is 0.0601. The van der Waals surface area contributed by atoms with E-state index in [0.717, 1.165) is 5.69 Å². The van der Waals surface area contributed by atoms with Crippen molar-refractivity contribution in [3.63, 3.8) is 0 Å². The molecule has 2 N–H and O–H groups in total. The number of anilines is 2. The summed E-state index contributed by atoms with van der Waals surface area (Å²) < 4.78 is 15.3. The van der Waals surface area contributed by atoms with Crippen LogP contribution < -0.4 is 20.1 Å². The standard InChI is InChI=1S/C17H17ClN2O4S/c1-22-14-8-12(16(21)24-3)13(9-15(14)23-2)20-17(25)19-11-6-4-10(18)5-7-11/h4-9H,1-3H3,(H2,19,20,25). The zero-order valence-corrected chi connectivity index (χ0v) is 15.5.